The lowest BCUT2D eigenvalue weighted by atomic mass is 9.84. The SMILES string of the molecule is Cc1cccc(C(C)(C)CN=C(N)NCCCN2CCOCC2)c1.I. The van der Waals surface area contributed by atoms with Crippen LogP contribution in [0, 0.1) is 6.92 Å². The Morgan fingerprint density at radius 1 is 1.32 bits per heavy atom. The van der Waals surface area contributed by atoms with Crippen LogP contribution in [0.25, 0.3) is 0 Å². The Labute approximate surface area is 169 Å². The van der Waals surface area contributed by atoms with Crippen LogP contribution in [0.15, 0.2) is 29.3 Å². The van der Waals surface area contributed by atoms with Gasteiger partial charge in [0.05, 0.1) is 19.8 Å². The lowest BCUT2D eigenvalue weighted by Gasteiger charge is -2.26. The number of hydrogen-bond donors (Lipinski definition) is 2. The third-order valence-corrected chi connectivity index (χ3v) is 4.51. The average molecular weight is 460 g/mol. The second-order valence-corrected chi connectivity index (χ2v) is 7.19. The number of hydrogen-bond acceptors (Lipinski definition) is 3. The molecule has 0 atom stereocenters. The van der Waals surface area contributed by atoms with Crippen molar-refractivity contribution >= 4 is 29.9 Å². The molecule has 0 aliphatic carbocycles. The van der Waals surface area contributed by atoms with Crippen LogP contribution in [-0.2, 0) is 10.2 Å². The molecule has 1 fully saturated rings. The summed E-state index contributed by atoms with van der Waals surface area (Å²) in [4.78, 5) is 6.97. The predicted molar refractivity (Wildman–Crippen MR) is 116 cm³/mol. The Balaban J connectivity index is 0.00000312. The van der Waals surface area contributed by atoms with E-state index in [9.17, 15) is 0 Å². The zero-order valence-corrected chi connectivity index (χ0v) is 18.1. The van der Waals surface area contributed by atoms with E-state index >= 15 is 0 Å². The molecule has 2 rings (SSSR count). The minimum absolute atomic E-state index is 0. The van der Waals surface area contributed by atoms with Crippen molar-refractivity contribution in [3.63, 3.8) is 0 Å². The molecule has 0 aromatic heterocycles. The first-order chi connectivity index (χ1) is 11.5. The number of benzene rings is 1. The van der Waals surface area contributed by atoms with Crippen LogP contribution in [0.4, 0.5) is 0 Å². The summed E-state index contributed by atoms with van der Waals surface area (Å²) < 4.78 is 5.36. The number of rotatable bonds is 7. The topological polar surface area (TPSA) is 62.9 Å². The maximum atomic E-state index is 6.01. The van der Waals surface area contributed by atoms with Crippen LogP contribution in [0.2, 0.25) is 0 Å². The van der Waals surface area contributed by atoms with E-state index in [0.717, 1.165) is 45.8 Å². The number of nitrogens with zero attached hydrogens (tertiary/aromatic N) is 2. The monoisotopic (exact) mass is 460 g/mol. The van der Waals surface area contributed by atoms with E-state index in [1.807, 2.05) is 0 Å². The standard InChI is InChI=1S/C19H32N4O.HI/c1-16-6-4-7-17(14-16)19(2,3)15-22-18(20)21-8-5-9-23-10-12-24-13-11-23;/h4,6-7,14H,5,8-13,15H2,1-3H3,(H3,20,21,22);1H. The lowest BCUT2D eigenvalue weighted by molar-refractivity contribution is 0.0376. The molecule has 0 radical (unpaired) electrons. The molecule has 0 unspecified atom stereocenters. The van der Waals surface area contributed by atoms with Gasteiger partial charge in [-0.15, -0.1) is 24.0 Å². The number of guanidine groups is 1. The third-order valence-electron chi connectivity index (χ3n) is 4.51. The minimum Gasteiger partial charge on any atom is -0.379 e. The third kappa shape index (κ3) is 7.92. The normalized spacial score (nSPS) is 16.4. The first-order valence-corrected chi connectivity index (χ1v) is 8.88. The summed E-state index contributed by atoms with van der Waals surface area (Å²) in [6, 6.07) is 8.60. The van der Waals surface area contributed by atoms with Crippen molar-refractivity contribution in [3.8, 4) is 0 Å². The fourth-order valence-corrected chi connectivity index (χ4v) is 2.84. The van der Waals surface area contributed by atoms with Gasteiger partial charge >= 0.3 is 0 Å². The summed E-state index contributed by atoms with van der Waals surface area (Å²) in [5.74, 6) is 0.540. The maximum Gasteiger partial charge on any atom is 0.188 e. The zero-order chi connectivity index (χ0) is 17.4. The van der Waals surface area contributed by atoms with Crippen LogP contribution in [-0.4, -0.2) is 56.8 Å². The van der Waals surface area contributed by atoms with E-state index in [2.05, 4.69) is 60.2 Å². The van der Waals surface area contributed by atoms with E-state index in [1.165, 1.54) is 11.1 Å². The van der Waals surface area contributed by atoms with Crippen LogP contribution >= 0.6 is 24.0 Å². The molecule has 1 aromatic carbocycles. The summed E-state index contributed by atoms with van der Waals surface area (Å²) in [5.41, 5.74) is 8.57. The summed E-state index contributed by atoms with van der Waals surface area (Å²) in [5, 5.41) is 3.23. The number of ether oxygens (including phenoxy) is 1. The Bertz CT molecular complexity index is 542. The van der Waals surface area contributed by atoms with Gasteiger partial charge in [-0.25, -0.2) is 0 Å². The smallest absolute Gasteiger partial charge is 0.188 e. The van der Waals surface area contributed by atoms with Gasteiger partial charge in [-0.05, 0) is 25.5 Å². The molecule has 1 aromatic rings. The van der Waals surface area contributed by atoms with E-state index in [1.54, 1.807) is 0 Å². The highest BCUT2D eigenvalue weighted by molar-refractivity contribution is 14.0. The Kier molecular flexibility index (Phi) is 9.74. The molecular weight excluding hydrogens is 427 g/mol. The van der Waals surface area contributed by atoms with Crippen molar-refractivity contribution in [3.05, 3.63) is 35.4 Å². The van der Waals surface area contributed by atoms with Gasteiger partial charge in [0.1, 0.15) is 0 Å². The van der Waals surface area contributed by atoms with Crippen molar-refractivity contribution in [2.75, 3.05) is 45.9 Å². The molecule has 3 N–H and O–H groups in total. The molecule has 5 nitrogen and oxygen atoms in total. The van der Waals surface area contributed by atoms with Gasteiger partial charge in [-0.3, -0.25) is 9.89 Å². The van der Waals surface area contributed by atoms with Crippen molar-refractivity contribution in [1.29, 1.82) is 0 Å². The molecule has 1 aliphatic heterocycles. The highest BCUT2D eigenvalue weighted by Crippen LogP contribution is 2.24. The number of nitrogens with two attached hydrogens (primary N) is 1. The van der Waals surface area contributed by atoms with Crippen LogP contribution in [0.3, 0.4) is 0 Å². The first kappa shape index (κ1) is 22.2. The molecule has 1 heterocycles. The fourth-order valence-electron chi connectivity index (χ4n) is 2.84. The minimum atomic E-state index is -0.0217. The number of aliphatic imine (C=N–C) groups is 1. The van der Waals surface area contributed by atoms with Crippen molar-refractivity contribution in [1.82, 2.24) is 10.2 Å². The quantitative estimate of drug-likeness (QED) is 0.284. The molecule has 142 valence electrons. The lowest BCUT2D eigenvalue weighted by Crippen LogP contribution is -2.39. The van der Waals surface area contributed by atoms with Crippen molar-refractivity contribution in [2.45, 2.75) is 32.6 Å². The largest absolute Gasteiger partial charge is 0.379 e. The molecule has 0 spiro atoms. The van der Waals surface area contributed by atoms with Gasteiger partial charge in [0.2, 0.25) is 0 Å². The van der Waals surface area contributed by atoms with Gasteiger partial charge < -0.3 is 15.8 Å². The molecular formula is C19H33IN4O. The molecule has 1 aliphatic rings. The Morgan fingerprint density at radius 2 is 2.04 bits per heavy atom. The summed E-state index contributed by atoms with van der Waals surface area (Å²) in [6.07, 6.45) is 1.07. The van der Waals surface area contributed by atoms with Gasteiger partial charge in [0, 0.05) is 25.0 Å². The van der Waals surface area contributed by atoms with E-state index in [4.69, 9.17) is 10.5 Å². The predicted octanol–water partition coefficient (Wildman–Crippen LogP) is 2.52. The summed E-state index contributed by atoms with van der Waals surface area (Å²) in [7, 11) is 0. The second kappa shape index (κ2) is 11.0. The summed E-state index contributed by atoms with van der Waals surface area (Å²) in [6.45, 7) is 12.9. The maximum absolute atomic E-state index is 6.01. The number of nitrogens with one attached hydrogen (secondary N) is 1. The average Bonchev–Trinajstić information content (AvgIpc) is 2.58. The van der Waals surface area contributed by atoms with E-state index < -0.39 is 0 Å². The van der Waals surface area contributed by atoms with Gasteiger partial charge in [0.25, 0.3) is 0 Å². The van der Waals surface area contributed by atoms with Crippen LogP contribution in [0.1, 0.15) is 31.4 Å². The van der Waals surface area contributed by atoms with Gasteiger partial charge in [-0.2, -0.15) is 0 Å². The van der Waals surface area contributed by atoms with E-state index in [0.29, 0.717) is 12.5 Å². The fraction of sp³-hybridized carbons (Fsp3) is 0.632. The number of halogens is 1. The Hall–Kier alpha value is -0.860. The highest BCUT2D eigenvalue weighted by Gasteiger charge is 2.20. The highest BCUT2D eigenvalue weighted by atomic mass is 127. The molecule has 6 heteroatoms. The van der Waals surface area contributed by atoms with Gasteiger partial charge in [0.15, 0.2) is 5.96 Å². The summed E-state index contributed by atoms with van der Waals surface area (Å²) >= 11 is 0. The van der Waals surface area contributed by atoms with E-state index in [-0.39, 0.29) is 29.4 Å². The molecule has 0 saturated carbocycles. The van der Waals surface area contributed by atoms with Crippen LogP contribution < -0.4 is 11.1 Å². The van der Waals surface area contributed by atoms with Crippen molar-refractivity contribution < 1.29 is 4.74 Å². The molecule has 1 saturated heterocycles. The number of morpholine rings is 1. The van der Waals surface area contributed by atoms with Crippen LogP contribution in [0.5, 0.6) is 0 Å². The number of aryl methyl sites for hydroxylation is 1. The first-order valence-electron chi connectivity index (χ1n) is 8.88. The molecule has 25 heavy (non-hydrogen) atoms. The van der Waals surface area contributed by atoms with Gasteiger partial charge in [-0.1, -0.05) is 43.7 Å². The molecule has 0 amide bonds. The molecule has 0 bridgehead atoms. The zero-order valence-electron chi connectivity index (χ0n) is 15.8. The van der Waals surface area contributed by atoms with Crippen molar-refractivity contribution in [2.24, 2.45) is 10.7 Å². The second-order valence-electron chi connectivity index (χ2n) is 7.19. The Morgan fingerprint density at radius 3 is 2.72 bits per heavy atom.